The molecule has 1 N–H and O–H groups in total. The van der Waals surface area contributed by atoms with Crippen LogP contribution in [-0.4, -0.2) is 46.0 Å². The van der Waals surface area contributed by atoms with Gasteiger partial charge in [-0.05, 0) is 46.9 Å². The van der Waals surface area contributed by atoms with Crippen LogP contribution >= 0.6 is 24.0 Å². The van der Waals surface area contributed by atoms with Gasteiger partial charge in [0.1, 0.15) is 35.6 Å². The molecule has 6 nitrogen and oxygen atoms in total. The van der Waals surface area contributed by atoms with Crippen LogP contribution in [0.4, 0.5) is 0 Å². The Hall–Kier alpha value is -2.84. The summed E-state index contributed by atoms with van der Waals surface area (Å²) in [6, 6.07) is 15.4. The molecule has 0 aromatic heterocycles. The molecule has 0 radical (unpaired) electrons. The second-order valence-corrected chi connectivity index (χ2v) is 9.88. The number of carbonyl (C=O) groups is 2. The standard InChI is InChI=1S/C24H25NO5S2/c1-24(2,3)17-7-9-18(10-8-17)29-11-12-30-19-6-4-5-16(13-19)14-20-22(28)25(15-21(26)27)23(31)32-20/h4-10,13-14H,11-12,15H2,1-3H3,(H,26,27)/b20-14+. The summed E-state index contributed by atoms with van der Waals surface area (Å²) in [6.45, 7) is 6.83. The summed E-state index contributed by atoms with van der Waals surface area (Å²) in [5, 5.41) is 8.93. The number of carbonyl (C=O) groups excluding carboxylic acids is 1. The first-order valence-corrected chi connectivity index (χ1v) is 11.3. The molecule has 1 aliphatic heterocycles. The number of hydrogen-bond acceptors (Lipinski definition) is 6. The summed E-state index contributed by atoms with van der Waals surface area (Å²) < 4.78 is 11.8. The van der Waals surface area contributed by atoms with Gasteiger partial charge in [-0.1, -0.05) is 69.0 Å². The summed E-state index contributed by atoms with van der Waals surface area (Å²) in [4.78, 5) is 24.8. The lowest BCUT2D eigenvalue weighted by Crippen LogP contribution is -2.33. The molecule has 1 saturated heterocycles. The Labute approximate surface area is 197 Å². The first-order chi connectivity index (χ1) is 15.1. The van der Waals surface area contributed by atoms with E-state index in [1.807, 2.05) is 36.4 Å². The third kappa shape index (κ3) is 6.34. The SMILES string of the molecule is CC(C)(C)c1ccc(OCCOc2cccc(/C=C3/SC(=S)N(CC(=O)O)C3=O)c2)cc1. The van der Waals surface area contributed by atoms with Crippen LogP contribution in [-0.2, 0) is 15.0 Å². The van der Waals surface area contributed by atoms with Crippen molar-refractivity contribution in [3.63, 3.8) is 0 Å². The number of ether oxygens (including phenoxy) is 2. The van der Waals surface area contributed by atoms with Crippen LogP contribution in [0.3, 0.4) is 0 Å². The molecule has 0 spiro atoms. The van der Waals surface area contributed by atoms with Crippen LogP contribution in [0, 0.1) is 0 Å². The average molecular weight is 472 g/mol. The molecule has 2 aromatic carbocycles. The van der Waals surface area contributed by atoms with Crippen molar-refractivity contribution in [2.24, 2.45) is 0 Å². The highest BCUT2D eigenvalue weighted by Gasteiger charge is 2.33. The highest BCUT2D eigenvalue weighted by Crippen LogP contribution is 2.32. The molecule has 2 aromatic rings. The first kappa shape index (κ1) is 23.8. The van der Waals surface area contributed by atoms with Crippen LogP contribution in [0.15, 0.2) is 53.4 Å². The van der Waals surface area contributed by atoms with Crippen molar-refractivity contribution in [1.29, 1.82) is 0 Å². The zero-order chi connectivity index (χ0) is 23.3. The topological polar surface area (TPSA) is 76.1 Å². The van der Waals surface area contributed by atoms with E-state index in [9.17, 15) is 9.59 Å². The molecule has 0 atom stereocenters. The Morgan fingerprint density at radius 1 is 1.09 bits per heavy atom. The van der Waals surface area contributed by atoms with Gasteiger partial charge in [-0.25, -0.2) is 0 Å². The molecule has 1 heterocycles. The van der Waals surface area contributed by atoms with Gasteiger partial charge in [0.15, 0.2) is 0 Å². The van der Waals surface area contributed by atoms with Gasteiger partial charge in [0.2, 0.25) is 0 Å². The smallest absolute Gasteiger partial charge is 0.323 e. The number of amides is 1. The molecule has 1 fully saturated rings. The minimum Gasteiger partial charge on any atom is -0.490 e. The number of rotatable bonds is 8. The van der Waals surface area contributed by atoms with E-state index < -0.39 is 18.4 Å². The molecular formula is C24H25NO5S2. The van der Waals surface area contributed by atoms with Crippen molar-refractivity contribution in [1.82, 2.24) is 4.90 Å². The van der Waals surface area contributed by atoms with Gasteiger partial charge >= 0.3 is 5.97 Å². The van der Waals surface area contributed by atoms with Gasteiger partial charge in [0.05, 0.1) is 4.91 Å². The average Bonchev–Trinajstić information content (AvgIpc) is 2.98. The molecule has 0 saturated carbocycles. The predicted molar refractivity (Wildman–Crippen MR) is 130 cm³/mol. The maximum Gasteiger partial charge on any atom is 0.323 e. The zero-order valence-electron chi connectivity index (χ0n) is 18.2. The molecule has 168 valence electrons. The van der Waals surface area contributed by atoms with Crippen molar-refractivity contribution in [2.75, 3.05) is 19.8 Å². The van der Waals surface area contributed by atoms with Crippen molar-refractivity contribution < 1.29 is 24.2 Å². The van der Waals surface area contributed by atoms with E-state index in [1.165, 1.54) is 5.56 Å². The van der Waals surface area contributed by atoms with E-state index in [4.69, 9.17) is 26.8 Å². The fourth-order valence-corrected chi connectivity index (χ4v) is 4.24. The first-order valence-electron chi connectivity index (χ1n) is 10.1. The van der Waals surface area contributed by atoms with Crippen molar-refractivity contribution in [3.05, 3.63) is 64.6 Å². The second kappa shape index (κ2) is 10.2. The van der Waals surface area contributed by atoms with E-state index in [-0.39, 0.29) is 9.74 Å². The highest BCUT2D eigenvalue weighted by atomic mass is 32.2. The number of thiocarbonyl (C=S) groups is 1. The molecule has 8 heteroatoms. The van der Waals surface area contributed by atoms with Crippen molar-refractivity contribution in [3.8, 4) is 11.5 Å². The third-order valence-corrected chi connectivity index (χ3v) is 6.04. The molecular weight excluding hydrogens is 446 g/mol. The van der Waals surface area contributed by atoms with E-state index >= 15 is 0 Å². The van der Waals surface area contributed by atoms with Gasteiger partial charge in [0.25, 0.3) is 5.91 Å². The molecule has 0 bridgehead atoms. The minimum absolute atomic E-state index is 0.100. The number of carboxylic acids is 1. The Kier molecular flexibility index (Phi) is 7.58. The number of carboxylic acid groups (broad SMARTS) is 1. The highest BCUT2D eigenvalue weighted by molar-refractivity contribution is 8.26. The lowest BCUT2D eigenvalue weighted by Gasteiger charge is -2.19. The van der Waals surface area contributed by atoms with Gasteiger partial charge in [0, 0.05) is 0 Å². The third-order valence-electron chi connectivity index (χ3n) is 4.66. The molecule has 1 amide bonds. The second-order valence-electron chi connectivity index (χ2n) is 8.21. The number of thioether (sulfide) groups is 1. The van der Waals surface area contributed by atoms with Crippen LogP contribution in [0.25, 0.3) is 6.08 Å². The maximum absolute atomic E-state index is 12.4. The zero-order valence-corrected chi connectivity index (χ0v) is 19.8. The number of benzene rings is 2. The Morgan fingerprint density at radius 3 is 2.38 bits per heavy atom. The van der Waals surface area contributed by atoms with E-state index in [1.54, 1.807) is 6.08 Å². The minimum atomic E-state index is -1.11. The number of aliphatic carboxylic acids is 1. The maximum atomic E-state index is 12.4. The van der Waals surface area contributed by atoms with Crippen molar-refractivity contribution >= 4 is 46.3 Å². The Balaban J connectivity index is 1.54. The molecule has 0 aliphatic carbocycles. The summed E-state index contributed by atoms with van der Waals surface area (Å²) in [5.41, 5.74) is 2.11. The quantitative estimate of drug-likeness (QED) is 0.339. The Morgan fingerprint density at radius 2 is 1.75 bits per heavy atom. The van der Waals surface area contributed by atoms with Crippen molar-refractivity contribution in [2.45, 2.75) is 26.2 Å². The van der Waals surface area contributed by atoms with Crippen LogP contribution in [0.1, 0.15) is 31.9 Å². The summed E-state index contributed by atoms with van der Waals surface area (Å²) in [6.07, 6.45) is 1.68. The van der Waals surface area contributed by atoms with E-state index in [2.05, 4.69) is 32.9 Å². The summed E-state index contributed by atoms with van der Waals surface area (Å²) >= 11 is 6.21. The molecule has 1 aliphatic rings. The summed E-state index contributed by atoms with van der Waals surface area (Å²) in [7, 11) is 0. The Bertz CT molecular complexity index is 1040. The number of hydrogen-bond donors (Lipinski definition) is 1. The summed E-state index contributed by atoms with van der Waals surface area (Å²) in [5.74, 6) is -0.0740. The van der Waals surface area contributed by atoms with Gasteiger partial charge < -0.3 is 14.6 Å². The monoisotopic (exact) mass is 471 g/mol. The van der Waals surface area contributed by atoms with E-state index in [0.717, 1.165) is 28.0 Å². The van der Waals surface area contributed by atoms with Gasteiger partial charge in [-0.2, -0.15) is 0 Å². The van der Waals surface area contributed by atoms with Crippen LogP contribution < -0.4 is 9.47 Å². The molecule has 32 heavy (non-hydrogen) atoms. The lowest BCUT2D eigenvalue weighted by molar-refractivity contribution is -0.140. The lowest BCUT2D eigenvalue weighted by atomic mass is 9.87. The van der Waals surface area contributed by atoms with E-state index in [0.29, 0.717) is 23.9 Å². The molecule has 0 unspecified atom stereocenters. The molecule has 3 rings (SSSR count). The fraction of sp³-hybridized carbons (Fsp3) is 0.292. The predicted octanol–water partition coefficient (Wildman–Crippen LogP) is 4.73. The van der Waals surface area contributed by atoms with Gasteiger partial charge in [-0.3, -0.25) is 14.5 Å². The normalized spacial score (nSPS) is 15.3. The number of nitrogens with zero attached hydrogens (tertiary/aromatic N) is 1. The van der Waals surface area contributed by atoms with Gasteiger partial charge in [-0.15, -0.1) is 0 Å². The van der Waals surface area contributed by atoms with Crippen LogP contribution in [0.2, 0.25) is 0 Å². The van der Waals surface area contributed by atoms with Crippen LogP contribution in [0.5, 0.6) is 11.5 Å². The fourth-order valence-electron chi connectivity index (χ4n) is 2.99. The largest absolute Gasteiger partial charge is 0.490 e.